The zero-order chi connectivity index (χ0) is 15.8. The number of ether oxygens (including phenoxy) is 3. The summed E-state index contributed by atoms with van der Waals surface area (Å²) in [7, 11) is 1.49. The zero-order valence-corrected chi connectivity index (χ0v) is 12.2. The highest BCUT2D eigenvalue weighted by Gasteiger charge is 2.18. The van der Waals surface area contributed by atoms with Gasteiger partial charge in [0.2, 0.25) is 6.79 Å². The third-order valence-corrected chi connectivity index (χ3v) is 3.59. The lowest BCUT2D eigenvalue weighted by Crippen LogP contribution is -1.98. The lowest BCUT2D eigenvalue weighted by atomic mass is 10.2. The number of fused-ring (bicyclic) bond motifs is 2. The average molecular weight is 311 g/mol. The molecular formula is C16H13N3O4. The molecule has 7 heteroatoms. The second kappa shape index (κ2) is 5.20. The monoisotopic (exact) mass is 311 g/mol. The Morgan fingerprint density at radius 2 is 2.13 bits per heavy atom. The lowest BCUT2D eigenvalue weighted by Gasteiger charge is -2.11. The third kappa shape index (κ3) is 2.22. The number of aromatic hydroxyl groups is 1. The van der Waals surface area contributed by atoms with Gasteiger partial charge in [0.15, 0.2) is 23.0 Å². The van der Waals surface area contributed by atoms with Crippen LogP contribution in [0.25, 0.3) is 10.9 Å². The number of nitrogens with zero attached hydrogens (tertiary/aromatic N) is 2. The van der Waals surface area contributed by atoms with E-state index >= 15 is 0 Å². The highest BCUT2D eigenvalue weighted by Crippen LogP contribution is 2.41. The number of phenolic OH excluding ortho intramolecular Hbond substituents is 1. The van der Waals surface area contributed by atoms with Crippen LogP contribution in [0.3, 0.4) is 0 Å². The molecule has 0 unspecified atom stereocenters. The number of aromatic nitrogens is 2. The Hall–Kier alpha value is -3.22. The zero-order valence-electron chi connectivity index (χ0n) is 12.2. The van der Waals surface area contributed by atoms with Crippen molar-refractivity contribution in [2.24, 2.45) is 0 Å². The van der Waals surface area contributed by atoms with Crippen LogP contribution in [0, 0.1) is 0 Å². The van der Waals surface area contributed by atoms with Gasteiger partial charge in [0.1, 0.15) is 12.1 Å². The summed E-state index contributed by atoms with van der Waals surface area (Å²) in [5, 5.41) is 13.9. The summed E-state index contributed by atoms with van der Waals surface area (Å²) in [4.78, 5) is 8.46. The van der Waals surface area contributed by atoms with E-state index in [9.17, 15) is 5.11 Å². The van der Waals surface area contributed by atoms with Gasteiger partial charge in [0.05, 0.1) is 18.3 Å². The molecule has 116 valence electrons. The number of hydrogen-bond acceptors (Lipinski definition) is 7. The average Bonchev–Trinajstić information content (AvgIpc) is 3.04. The second-order valence-corrected chi connectivity index (χ2v) is 4.93. The van der Waals surface area contributed by atoms with Gasteiger partial charge in [-0.3, -0.25) is 0 Å². The van der Waals surface area contributed by atoms with Gasteiger partial charge < -0.3 is 24.6 Å². The maximum Gasteiger partial charge on any atom is 0.231 e. The van der Waals surface area contributed by atoms with E-state index in [-0.39, 0.29) is 12.5 Å². The minimum absolute atomic E-state index is 0.0238. The number of anilines is 2. The maximum atomic E-state index is 10.0. The Labute approximate surface area is 131 Å². The van der Waals surface area contributed by atoms with Crippen LogP contribution in [0.2, 0.25) is 0 Å². The number of rotatable bonds is 3. The molecule has 0 spiro atoms. The molecule has 0 saturated heterocycles. The smallest absolute Gasteiger partial charge is 0.231 e. The molecule has 0 amide bonds. The molecule has 0 bridgehead atoms. The van der Waals surface area contributed by atoms with Crippen LogP contribution in [0.15, 0.2) is 36.7 Å². The van der Waals surface area contributed by atoms with Crippen molar-refractivity contribution >= 4 is 22.4 Å². The molecule has 7 nitrogen and oxygen atoms in total. The molecule has 0 saturated carbocycles. The van der Waals surface area contributed by atoms with Gasteiger partial charge in [-0.1, -0.05) is 6.07 Å². The number of phenols is 1. The first-order valence-electron chi connectivity index (χ1n) is 6.93. The SMILES string of the molecule is COc1cc2ncnc(Nc3cccc4c3OCO4)c2cc1O. The summed E-state index contributed by atoms with van der Waals surface area (Å²) in [6.07, 6.45) is 1.45. The molecule has 0 fully saturated rings. The molecule has 2 N–H and O–H groups in total. The summed E-state index contributed by atoms with van der Waals surface area (Å²) in [5.74, 6) is 2.25. The minimum atomic E-state index is 0.0238. The highest BCUT2D eigenvalue weighted by molar-refractivity contribution is 5.93. The van der Waals surface area contributed by atoms with Gasteiger partial charge in [0.25, 0.3) is 0 Å². The molecule has 23 heavy (non-hydrogen) atoms. The first-order chi connectivity index (χ1) is 11.3. The van der Waals surface area contributed by atoms with Crippen molar-refractivity contribution in [3.8, 4) is 23.0 Å². The molecule has 1 aromatic heterocycles. The van der Waals surface area contributed by atoms with Crippen molar-refractivity contribution in [1.82, 2.24) is 9.97 Å². The molecule has 3 aromatic rings. The molecule has 2 aromatic carbocycles. The van der Waals surface area contributed by atoms with Crippen molar-refractivity contribution in [2.45, 2.75) is 0 Å². The Morgan fingerprint density at radius 3 is 3.00 bits per heavy atom. The molecular weight excluding hydrogens is 298 g/mol. The van der Waals surface area contributed by atoms with Crippen molar-refractivity contribution in [3.05, 3.63) is 36.7 Å². The van der Waals surface area contributed by atoms with Crippen molar-refractivity contribution in [1.29, 1.82) is 0 Å². The summed E-state index contributed by atoms with van der Waals surface area (Å²) in [6, 6.07) is 8.79. The Bertz CT molecular complexity index is 898. The number of methoxy groups -OCH3 is 1. The fraction of sp³-hybridized carbons (Fsp3) is 0.125. The van der Waals surface area contributed by atoms with E-state index < -0.39 is 0 Å². The molecule has 4 rings (SSSR count). The Morgan fingerprint density at radius 1 is 1.22 bits per heavy atom. The lowest BCUT2D eigenvalue weighted by molar-refractivity contribution is 0.174. The predicted octanol–water partition coefficient (Wildman–Crippen LogP) is 2.82. The van der Waals surface area contributed by atoms with E-state index in [0.717, 1.165) is 5.69 Å². The van der Waals surface area contributed by atoms with E-state index in [1.54, 1.807) is 12.1 Å². The minimum Gasteiger partial charge on any atom is -0.504 e. The normalized spacial score (nSPS) is 12.4. The Kier molecular flexibility index (Phi) is 3.04. The molecule has 1 aliphatic heterocycles. The van der Waals surface area contributed by atoms with Crippen LogP contribution < -0.4 is 19.5 Å². The van der Waals surface area contributed by atoms with Crippen molar-refractivity contribution in [3.63, 3.8) is 0 Å². The van der Waals surface area contributed by atoms with Crippen molar-refractivity contribution < 1.29 is 19.3 Å². The maximum absolute atomic E-state index is 10.0. The molecule has 0 radical (unpaired) electrons. The highest BCUT2D eigenvalue weighted by atomic mass is 16.7. The van der Waals surface area contributed by atoms with Crippen LogP contribution in [-0.2, 0) is 0 Å². The van der Waals surface area contributed by atoms with Crippen molar-refractivity contribution in [2.75, 3.05) is 19.2 Å². The van der Waals surface area contributed by atoms with Gasteiger partial charge in [-0.25, -0.2) is 9.97 Å². The van der Waals surface area contributed by atoms with Gasteiger partial charge >= 0.3 is 0 Å². The number of para-hydroxylation sites is 1. The van der Waals surface area contributed by atoms with E-state index in [0.29, 0.717) is 34.0 Å². The number of nitrogens with one attached hydrogen (secondary N) is 1. The van der Waals surface area contributed by atoms with E-state index in [4.69, 9.17) is 14.2 Å². The molecule has 0 atom stereocenters. The fourth-order valence-electron chi connectivity index (χ4n) is 2.49. The third-order valence-electron chi connectivity index (χ3n) is 3.59. The van der Waals surface area contributed by atoms with Crippen LogP contribution in [0.4, 0.5) is 11.5 Å². The van der Waals surface area contributed by atoms with Gasteiger partial charge in [-0.15, -0.1) is 0 Å². The fourth-order valence-corrected chi connectivity index (χ4v) is 2.49. The second-order valence-electron chi connectivity index (χ2n) is 4.93. The summed E-state index contributed by atoms with van der Waals surface area (Å²) in [5.41, 5.74) is 1.39. The summed E-state index contributed by atoms with van der Waals surface area (Å²) in [6.45, 7) is 0.191. The van der Waals surface area contributed by atoms with E-state index in [1.807, 2.05) is 18.2 Å². The molecule has 0 aliphatic carbocycles. The van der Waals surface area contributed by atoms with E-state index in [2.05, 4.69) is 15.3 Å². The Balaban J connectivity index is 1.81. The molecule has 2 heterocycles. The standard InChI is InChI=1S/C16H13N3O4/c1-21-14-6-11-9(5-12(14)20)16(18-7-17-11)19-10-3-2-4-13-15(10)23-8-22-13/h2-7,20H,8H2,1H3,(H,17,18,19). The van der Waals surface area contributed by atoms with Gasteiger partial charge in [-0.2, -0.15) is 0 Å². The van der Waals surface area contributed by atoms with E-state index in [1.165, 1.54) is 13.4 Å². The number of benzene rings is 2. The van der Waals surface area contributed by atoms with Crippen LogP contribution >= 0.6 is 0 Å². The topological polar surface area (TPSA) is 85.7 Å². The largest absolute Gasteiger partial charge is 0.504 e. The van der Waals surface area contributed by atoms with Crippen LogP contribution in [0.1, 0.15) is 0 Å². The summed E-state index contributed by atoms with van der Waals surface area (Å²) < 4.78 is 15.9. The quantitative estimate of drug-likeness (QED) is 0.769. The summed E-state index contributed by atoms with van der Waals surface area (Å²) >= 11 is 0. The van der Waals surface area contributed by atoms with Crippen LogP contribution in [-0.4, -0.2) is 29.0 Å². The number of hydrogen-bond donors (Lipinski definition) is 2. The first-order valence-corrected chi connectivity index (χ1v) is 6.93. The molecule has 1 aliphatic rings. The van der Waals surface area contributed by atoms with Crippen LogP contribution in [0.5, 0.6) is 23.0 Å². The first kappa shape index (κ1) is 13.4. The predicted molar refractivity (Wildman–Crippen MR) is 83.6 cm³/mol. The van der Waals surface area contributed by atoms with Gasteiger partial charge in [0, 0.05) is 11.5 Å². The van der Waals surface area contributed by atoms with Gasteiger partial charge in [-0.05, 0) is 18.2 Å².